The highest BCUT2D eigenvalue weighted by atomic mass is 16.5. The van der Waals surface area contributed by atoms with Crippen molar-refractivity contribution < 1.29 is 14.9 Å². The van der Waals surface area contributed by atoms with Crippen LogP contribution in [0.2, 0.25) is 0 Å². The molecular formula is C24H33NO3. The molecule has 2 aromatic carbocycles. The van der Waals surface area contributed by atoms with E-state index in [9.17, 15) is 5.11 Å². The highest BCUT2D eigenvalue weighted by Crippen LogP contribution is 2.45. The van der Waals surface area contributed by atoms with E-state index in [1.165, 1.54) is 11.1 Å². The minimum absolute atomic E-state index is 0.0384. The lowest BCUT2D eigenvalue weighted by Crippen LogP contribution is -2.57. The Hall–Kier alpha value is -1.88. The van der Waals surface area contributed by atoms with Gasteiger partial charge in [-0.3, -0.25) is 4.90 Å². The molecule has 1 heterocycles. The topological polar surface area (TPSA) is 52.9 Å². The second kappa shape index (κ2) is 10.6. The van der Waals surface area contributed by atoms with Gasteiger partial charge in [-0.1, -0.05) is 42.5 Å². The third kappa shape index (κ3) is 5.13. The number of nitrogens with zero attached hydrogens (tertiary/aromatic N) is 1. The number of aliphatic hydroxyl groups excluding tert-OH is 2. The number of rotatable bonds is 12. The number of benzene rings is 2. The van der Waals surface area contributed by atoms with Gasteiger partial charge in [0.2, 0.25) is 0 Å². The molecule has 2 aromatic rings. The van der Waals surface area contributed by atoms with E-state index >= 15 is 0 Å². The maximum atomic E-state index is 9.22. The molecule has 0 aliphatic carbocycles. The molecule has 1 saturated heterocycles. The van der Waals surface area contributed by atoms with Crippen molar-refractivity contribution in [2.24, 2.45) is 0 Å². The predicted molar refractivity (Wildman–Crippen MR) is 112 cm³/mol. The summed E-state index contributed by atoms with van der Waals surface area (Å²) in [6.07, 6.45) is 5.92. The molecule has 1 atom stereocenters. The largest absolute Gasteiger partial charge is 0.489 e. The van der Waals surface area contributed by atoms with Crippen molar-refractivity contribution in [1.29, 1.82) is 0 Å². The van der Waals surface area contributed by atoms with Crippen LogP contribution in [0.1, 0.15) is 49.7 Å². The summed E-state index contributed by atoms with van der Waals surface area (Å²) < 4.78 is 6.06. The SMILES string of the molecule is OCCCCN1CCC1(CCCCO)c1cccc(OCc2ccccc2)c1. The Bertz CT molecular complexity index is 706. The van der Waals surface area contributed by atoms with E-state index in [0.29, 0.717) is 6.61 Å². The molecule has 0 spiro atoms. The van der Waals surface area contributed by atoms with E-state index < -0.39 is 0 Å². The summed E-state index contributed by atoms with van der Waals surface area (Å²) in [5.74, 6) is 0.907. The second-order valence-corrected chi connectivity index (χ2v) is 7.68. The van der Waals surface area contributed by atoms with Gasteiger partial charge in [0.15, 0.2) is 0 Å². The highest BCUT2D eigenvalue weighted by Gasteiger charge is 2.44. The Morgan fingerprint density at radius 2 is 1.68 bits per heavy atom. The lowest BCUT2D eigenvalue weighted by Gasteiger charge is -2.54. The van der Waals surface area contributed by atoms with E-state index in [2.05, 4.69) is 35.2 Å². The predicted octanol–water partition coefficient (Wildman–Crippen LogP) is 4.10. The fraction of sp³-hybridized carbons (Fsp3) is 0.500. The van der Waals surface area contributed by atoms with Crippen LogP contribution in [0.15, 0.2) is 54.6 Å². The minimum Gasteiger partial charge on any atom is -0.489 e. The fourth-order valence-corrected chi connectivity index (χ4v) is 4.18. The molecule has 1 aliphatic rings. The Morgan fingerprint density at radius 3 is 2.39 bits per heavy atom. The van der Waals surface area contributed by atoms with Gasteiger partial charge < -0.3 is 14.9 Å². The maximum absolute atomic E-state index is 9.22. The monoisotopic (exact) mass is 383 g/mol. The summed E-state index contributed by atoms with van der Waals surface area (Å²) in [7, 11) is 0. The summed E-state index contributed by atoms with van der Waals surface area (Å²) in [4.78, 5) is 2.55. The van der Waals surface area contributed by atoms with Crippen LogP contribution in [-0.2, 0) is 12.1 Å². The molecular weight excluding hydrogens is 350 g/mol. The molecule has 1 aliphatic heterocycles. The van der Waals surface area contributed by atoms with Crippen LogP contribution in [0.3, 0.4) is 0 Å². The van der Waals surface area contributed by atoms with Crippen molar-refractivity contribution in [3.8, 4) is 5.75 Å². The average molecular weight is 384 g/mol. The van der Waals surface area contributed by atoms with Gasteiger partial charge in [-0.05, 0) is 68.3 Å². The van der Waals surface area contributed by atoms with Crippen LogP contribution in [0.5, 0.6) is 5.75 Å². The molecule has 0 bridgehead atoms. The summed E-state index contributed by atoms with van der Waals surface area (Å²) in [6, 6.07) is 18.8. The van der Waals surface area contributed by atoms with Crippen molar-refractivity contribution in [2.75, 3.05) is 26.3 Å². The standard InChI is InChI=1S/C24H33NO3/c26-17-6-4-13-24(14-16-25(24)15-5-7-18-27)22-11-8-12-23(19-22)28-20-21-9-2-1-3-10-21/h1-3,8-12,19,26-27H,4-7,13-18,20H2. The Balaban J connectivity index is 1.72. The molecule has 0 radical (unpaired) electrons. The molecule has 1 unspecified atom stereocenters. The fourth-order valence-electron chi connectivity index (χ4n) is 4.18. The molecule has 4 heteroatoms. The molecule has 152 valence electrons. The van der Waals surface area contributed by atoms with Gasteiger partial charge in [-0.2, -0.15) is 0 Å². The van der Waals surface area contributed by atoms with Gasteiger partial charge in [0.25, 0.3) is 0 Å². The van der Waals surface area contributed by atoms with E-state index in [4.69, 9.17) is 9.84 Å². The highest BCUT2D eigenvalue weighted by molar-refractivity contribution is 5.35. The lowest BCUT2D eigenvalue weighted by molar-refractivity contribution is -0.0305. The van der Waals surface area contributed by atoms with Gasteiger partial charge in [0, 0.05) is 25.3 Å². The first-order valence-electron chi connectivity index (χ1n) is 10.5. The Morgan fingerprint density at radius 1 is 0.893 bits per heavy atom. The van der Waals surface area contributed by atoms with Crippen molar-refractivity contribution >= 4 is 0 Å². The van der Waals surface area contributed by atoms with Gasteiger partial charge in [0.05, 0.1) is 0 Å². The van der Waals surface area contributed by atoms with Crippen molar-refractivity contribution in [3.63, 3.8) is 0 Å². The number of hydrogen-bond donors (Lipinski definition) is 2. The summed E-state index contributed by atoms with van der Waals surface area (Å²) in [5, 5.41) is 18.3. The summed E-state index contributed by atoms with van der Waals surface area (Å²) in [6.45, 7) is 3.19. The first-order valence-corrected chi connectivity index (χ1v) is 10.5. The van der Waals surface area contributed by atoms with E-state index in [1.54, 1.807) is 0 Å². The molecule has 28 heavy (non-hydrogen) atoms. The first-order chi connectivity index (χ1) is 13.8. The Labute approximate surface area is 168 Å². The maximum Gasteiger partial charge on any atom is 0.120 e. The molecule has 4 nitrogen and oxygen atoms in total. The molecule has 0 aromatic heterocycles. The molecule has 0 saturated carbocycles. The normalized spacial score (nSPS) is 19.4. The third-order valence-electron chi connectivity index (χ3n) is 5.85. The number of aliphatic hydroxyl groups is 2. The van der Waals surface area contributed by atoms with Crippen LogP contribution in [-0.4, -0.2) is 41.4 Å². The van der Waals surface area contributed by atoms with Gasteiger partial charge in [-0.25, -0.2) is 0 Å². The minimum atomic E-state index is 0.0384. The quantitative estimate of drug-likeness (QED) is 0.542. The van der Waals surface area contributed by atoms with Crippen LogP contribution in [0, 0.1) is 0 Å². The zero-order chi connectivity index (χ0) is 19.7. The lowest BCUT2D eigenvalue weighted by atomic mass is 9.74. The number of ether oxygens (including phenoxy) is 1. The van der Waals surface area contributed by atoms with Crippen LogP contribution in [0.4, 0.5) is 0 Å². The van der Waals surface area contributed by atoms with E-state index in [1.807, 2.05) is 24.3 Å². The van der Waals surface area contributed by atoms with E-state index in [-0.39, 0.29) is 18.8 Å². The summed E-state index contributed by atoms with van der Waals surface area (Å²) in [5.41, 5.74) is 2.52. The molecule has 1 fully saturated rings. The zero-order valence-electron chi connectivity index (χ0n) is 16.7. The van der Waals surface area contributed by atoms with Crippen molar-refractivity contribution in [3.05, 3.63) is 65.7 Å². The van der Waals surface area contributed by atoms with Gasteiger partial charge >= 0.3 is 0 Å². The zero-order valence-corrected chi connectivity index (χ0v) is 16.7. The van der Waals surface area contributed by atoms with Crippen LogP contribution in [0.25, 0.3) is 0 Å². The van der Waals surface area contributed by atoms with Crippen molar-refractivity contribution in [2.45, 2.75) is 50.7 Å². The van der Waals surface area contributed by atoms with E-state index in [0.717, 1.165) is 57.4 Å². The Kier molecular flexibility index (Phi) is 7.90. The van der Waals surface area contributed by atoms with Crippen LogP contribution >= 0.6 is 0 Å². The van der Waals surface area contributed by atoms with Crippen LogP contribution < -0.4 is 4.74 Å². The third-order valence-corrected chi connectivity index (χ3v) is 5.85. The first kappa shape index (κ1) is 20.8. The molecule has 3 rings (SSSR count). The average Bonchev–Trinajstić information content (AvgIpc) is 2.73. The molecule has 2 N–H and O–H groups in total. The number of unbranched alkanes of at least 4 members (excludes halogenated alkanes) is 2. The molecule has 0 amide bonds. The van der Waals surface area contributed by atoms with Gasteiger partial charge in [-0.15, -0.1) is 0 Å². The summed E-state index contributed by atoms with van der Waals surface area (Å²) >= 11 is 0. The number of hydrogen-bond acceptors (Lipinski definition) is 4. The smallest absolute Gasteiger partial charge is 0.120 e. The van der Waals surface area contributed by atoms with Gasteiger partial charge in [0.1, 0.15) is 12.4 Å². The second-order valence-electron chi connectivity index (χ2n) is 7.68. The van der Waals surface area contributed by atoms with Crippen molar-refractivity contribution in [1.82, 2.24) is 4.90 Å². The number of likely N-dealkylation sites (tertiary alicyclic amines) is 1.